The minimum atomic E-state index is 0.839. The highest BCUT2D eigenvalue weighted by Crippen LogP contribution is 2.27. The second kappa shape index (κ2) is 3.98. The minimum Gasteiger partial charge on any atom is -0.366 e. The van der Waals surface area contributed by atoms with Crippen LogP contribution in [0.3, 0.4) is 0 Å². The molecule has 0 atom stereocenters. The maximum absolute atomic E-state index is 3.47. The Bertz CT molecular complexity index is 283. The summed E-state index contributed by atoms with van der Waals surface area (Å²) in [5, 5.41) is 6.77. The van der Waals surface area contributed by atoms with E-state index in [1.54, 1.807) is 11.3 Å². The first-order chi connectivity index (χ1) is 6.25. The molecule has 0 aliphatic carbocycles. The molecule has 0 unspecified atom stereocenters. The second-order valence-corrected chi connectivity index (χ2v) is 5.31. The van der Waals surface area contributed by atoms with E-state index in [1.165, 1.54) is 29.1 Å². The van der Waals surface area contributed by atoms with Crippen molar-refractivity contribution in [2.75, 3.05) is 31.6 Å². The maximum atomic E-state index is 3.47. The Morgan fingerprint density at radius 1 is 1.69 bits per heavy atom. The van der Waals surface area contributed by atoms with Gasteiger partial charge in [-0.05, 0) is 22.0 Å². The van der Waals surface area contributed by atoms with Gasteiger partial charge in [0.05, 0.1) is 5.00 Å². The molecule has 1 N–H and O–H groups in total. The molecule has 1 aliphatic heterocycles. The molecule has 0 spiro atoms. The first kappa shape index (κ1) is 9.49. The van der Waals surface area contributed by atoms with Gasteiger partial charge < -0.3 is 10.2 Å². The number of hydrogen-bond acceptors (Lipinski definition) is 3. The normalized spacial score (nSPS) is 17.1. The van der Waals surface area contributed by atoms with Crippen LogP contribution in [-0.2, 0) is 0 Å². The summed E-state index contributed by atoms with van der Waals surface area (Å²) in [4.78, 5) is 2.33. The zero-order valence-corrected chi connectivity index (χ0v) is 9.99. The lowest BCUT2D eigenvalue weighted by Gasteiger charge is -2.31. The van der Waals surface area contributed by atoms with Gasteiger partial charge in [-0.15, -0.1) is 11.3 Å². The van der Waals surface area contributed by atoms with Crippen molar-refractivity contribution in [1.82, 2.24) is 5.32 Å². The van der Waals surface area contributed by atoms with E-state index >= 15 is 0 Å². The smallest absolute Gasteiger partial charge is 0.0917 e. The molecule has 1 aromatic heterocycles. The lowest BCUT2D eigenvalue weighted by atomic mass is 10.0. The minimum absolute atomic E-state index is 0.839. The summed E-state index contributed by atoms with van der Waals surface area (Å²) in [6.07, 6.45) is 0. The molecular formula is C9H13BrN2S. The van der Waals surface area contributed by atoms with Crippen LogP contribution in [0.2, 0.25) is 0 Å². The number of halogens is 1. The van der Waals surface area contributed by atoms with Crippen LogP contribution in [0, 0.1) is 5.92 Å². The quantitative estimate of drug-likeness (QED) is 0.897. The average molecular weight is 261 g/mol. The van der Waals surface area contributed by atoms with Crippen molar-refractivity contribution in [3.05, 3.63) is 15.9 Å². The van der Waals surface area contributed by atoms with E-state index in [4.69, 9.17) is 0 Å². The van der Waals surface area contributed by atoms with E-state index in [0.29, 0.717) is 0 Å². The molecule has 13 heavy (non-hydrogen) atoms. The summed E-state index contributed by atoms with van der Waals surface area (Å²) >= 11 is 5.26. The van der Waals surface area contributed by atoms with Crippen molar-refractivity contribution in [2.24, 2.45) is 5.92 Å². The van der Waals surface area contributed by atoms with Gasteiger partial charge in [-0.25, -0.2) is 0 Å². The van der Waals surface area contributed by atoms with Gasteiger partial charge in [0.25, 0.3) is 0 Å². The molecule has 0 aromatic carbocycles. The molecule has 2 rings (SSSR count). The lowest BCUT2D eigenvalue weighted by Crippen LogP contribution is -2.47. The van der Waals surface area contributed by atoms with Crippen molar-refractivity contribution in [1.29, 1.82) is 0 Å². The number of thiophene rings is 1. The summed E-state index contributed by atoms with van der Waals surface area (Å²) in [6, 6.07) is 2.18. The molecule has 2 nitrogen and oxygen atoms in total. The van der Waals surface area contributed by atoms with E-state index in [9.17, 15) is 0 Å². The third kappa shape index (κ3) is 2.24. The van der Waals surface area contributed by atoms with Crippen molar-refractivity contribution in [3.63, 3.8) is 0 Å². The van der Waals surface area contributed by atoms with Crippen LogP contribution in [0.4, 0.5) is 5.00 Å². The average Bonchev–Trinajstić information content (AvgIpc) is 2.44. The third-order valence-corrected chi connectivity index (χ3v) is 4.13. The fraction of sp³-hybridized carbons (Fsp3) is 0.556. The van der Waals surface area contributed by atoms with Crippen LogP contribution in [-0.4, -0.2) is 26.7 Å². The van der Waals surface area contributed by atoms with Crippen LogP contribution in [0.1, 0.15) is 0 Å². The standard InChI is InChI=1S/C9H13BrN2S/c1-12(5-7-3-11-4-7)9-2-8(10)6-13-9/h2,6-7,11H,3-5H2,1H3. The zero-order chi connectivity index (χ0) is 9.26. The number of nitrogens with zero attached hydrogens (tertiary/aromatic N) is 1. The Hall–Kier alpha value is -0.0600. The number of rotatable bonds is 3. The van der Waals surface area contributed by atoms with Crippen LogP contribution < -0.4 is 10.2 Å². The fourth-order valence-electron chi connectivity index (χ4n) is 1.46. The van der Waals surface area contributed by atoms with Gasteiger partial charge in [-0.2, -0.15) is 0 Å². The van der Waals surface area contributed by atoms with Gasteiger partial charge in [0.1, 0.15) is 0 Å². The van der Waals surface area contributed by atoms with Crippen molar-refractivity contribution < 1.29 is 0 Å². The van der Waals surface area contributed by atoms with E-state index in [0.717, 1.165) is 5.92 Å². The molecule has 1 aromatic rings. The topological polar surface area (TPSA) is 15.3 Å². The summed E-state index contributed by atoms with van der Waals surface area (Å²) in [7, 11) is 2.16. The molecule has 0 bridgehead atoms. The highest BCUT2D eigenvalue weighted by molar-refractivity contribution is 9.10. The van der Waals surface area contributed by atoms with E-state index in [2.05, 4.69) is 44.6 Å². The predicted molar refractivity (Wildman–Crippen MR) is 61.6 cm³/mol. The molecule has 1 saturated heterocycles. The van der Waals surface area contributed by atoms with Gasteiger partial charge in [0, 0.05) is 42.5 Å². The van der Waals surface area contributed by atoms with Crippen molar-refractivity contribution >= 4 is 32.3 Å². The first-order valence-corrected chi connectivity index (χ1v) is 6.09. The Labute approximate surface area is 91.1 Å². The van der Waals surface area contributed by atoms with E-state index in [-0.39, 0.29) is 0 Å². The van der Waals surface area contributed by atoms with Gasteiger partial charge >= 0.3 is 0 Å². The van der Waals surface area contributed by atoms with Crippen LogP contribution in [0.5, 0.6) is 0 Å². The Morgan fingerprint density at radius 2 is 2.46 bits per heavy atom. The highest BCUT2D eigenvalue weighted by atomic mass is 79.9. The number of anilines is 1. The fourth-order valence-corrected chi connectivity index (χ4v) is 2.86. The molecule has 72 valence electrons. The molecule has 0 amide bonds. The Balaban J connectivity index is 1.92. The molecule has 1 aliphatic rings. The third-order valence-electron chi connectivity index (χ3n) is 2.33. The SMILES string of the molecule is CN(CC1CNC1)c1cc(Br)cs1. The molecule has 4 heteroatoms. The van der Waals surface area contributed by atoms with Gasteiger partial charge in [0.2, 0.25) is 0 Å². The first-order valence-electron chi connectivity index (χ1n) is 4.41. The molecule has 0 saturated carbocycles. The highest BCUT2D eigenvalue weighted by Gasteiger charge is 2.18. The van der Waals surface area contributed by atoms with Gasteiger partial charge in [-0.1, -0.05) is 0 Å². The van der Waals surface area contributed by atoms with Crippen LogP contribution >= 0.6 is 27.3 Å². The predicted octanol–water partition coefficient (Wildman–Crippen LogP) is 2.17. The van der Waals surface area contributed by atoms with Crippen molar-refractivity contribution in [3.8, 4) is 0 Å². The number of nitrogens with one attached hydrogen (secondary N) is 1. The largest absolute Gasteiger partial charge is 0.366 e. The zero-order valence-electron chi connectivity index (χ0n) is 7.59. The Kier molecular flexibility index (Phi) is 2.91. The van der Waals surface area contributed by atoms with Gasteiger partial charge in [0.15, 0.2) is 0 Å². The molecular weight excluding hydrogens is 248 g/mol. The lowest BCUT2D eigenvalue weighted by molar-refractivity contribution is 0.353. The summed E-state index contributed by atoms with van der Waals surface area (Å²) in [5.74, 6) is 0.839. The molecule has 0 radical (unpaired) electrons. The van der Waals surface area contributed by atoms with Gasteiger partial charge in [-0.3, -0.25) is 0 Å². The van der Waals surface area contributed by atoms with Crippen molar-refractivity contribution in [2.45, 2.75) is 0 Å². The van der Waals surface area contributed by atoms with Crippen LogP contribution in [0.15, 0.2) is 15.9 Å². The molecule has 1 fully saturated rings. The van der Waals surface area contributed by atoms with E-state index in [1.807, 2.05) is 0 Å². The van der Waals surface area contributed by atoms with E-state index < -0.39 is 0 Å². The summed E-state index contributed by atoms with van der Waals surface area (Å²) in [6.45, 7) is 3.52. The monoisotopic (exact) mass is 260 g/mol. The Morgan fingerprint density at radius 3 is 2.92 bits per heavy atom. The van der Waals surface area contributed by atoms with Crippen LogP contribution in [0.25, 0.3) is 0 Å². The second-order valence-electron chi connectivity index (χ2n) is 3.51. The summed E-state index contributed by atoms with van der Waals surface area (Å²) < 4.78 is 1.19. The molecule has 2 heterocycles. The number of hydrogen-bond donors (Lipinski definition) is 1. The maximum Gasteiger partial charge on any atom is 0.0917 e. The summed E-state index contributed by atoms with van der Waals surface area (Å²) in [5.41, 5.74) is 0.